The van der Waals surface area contributed by atoms with Gasteiger partial charge in [-0.3, -0.25) is 14.5 Å². The van der Waals surface area contributed by atoms with E-state index in [9.17, 15) is 4.79 Å². The lowest BCUT2D eigenvalue weighted by atomic mass is 10.1. The molecule has 1 N–H and O–H groups in total. The molecule has 0 spiro atoms. The van der Waals surface area contributed by atoms with Crippen LogP contribution in [0, 0.1) is 0 Å². The second-order valence-electron chi connectivity index (χ2n) is 6.13. The second-order valence-corrected chi connectivity index (χ2v) is 6.13. The highest BCUT2D eigenvalue weighted by Gasteiger charge is 2.14. The minimum absolute atomic E-state index is 0.0596. The lowest BCUT2D eigenvalue weighted by Gasteiger charge is -2.07. The number of hydrogen-bond donors (Lipinski definition) is 1. The number of hydrogen-bond acceptors (Lipinski definition) is 5. The van der Waals surface area contributed by atoms with Gasteiger partial charge in [-0.25, -0.2) is 0 Å². The Kier molecular flexibility index (Phi) is 4.27. The van der Waals surface area contributed by atoms with Crippen molar-refractivity contribution in [1.82, 2.24) is 20.1 Å². The van der Waals surface area contributed by atoms with E-state index in [0.717, 1.165) is 22.3 Å². The van der Waals surface area contributed by atoms with Crippen LogP contribution in [0.5, 0.6) is 11.5 Å². The topological polar surface area (TPSA) is 78.3 Å². The van der Waals surface area contributed by atoms with E-state index in [1.165, 1.54) is 0 Å². The third-order valence-corrected chi connectivity index (χ3v) is 4.12. The number of nitrogens with one attached hydrogen (secondary N) is 1. The van der Waals surface area contributed by atoms with Gasteiger partial charge in [-0.15, -0.1) is 0 Å². The molecule has 0 aliphatic carbocycles. The smallest absolute Gasteiger partial charge is 0.231 e. The van der Waals surface area contributed by atoms with Gasteiger partial charge < -0.3 is 14.8 Å². The summed E-state index contributed by atoms with van der Waals surface area (Å²) in [4.78, 5) is 16.5. The molecule has 3 aromatic rings. The van der Waals surface area contributed by atoms with E-state index in [0.29, 0.717) is 18.0 Å². The zero-order chi connectivity index (χ0) is 17.9. The molecule has 26 heavy (non-hydrogen) atoms. The van der Waals surface area contributed by atoms with Gasteiger partial charge in [-0.05, 0) is 29.3 Å². The molecule has 2 aromatic heterocycles. The van der Waals surface area contributed by atoms with Crippen LogP contribution in [0.4, 0.5) is 0 Å². The van der Waals surface area contributed by atoms with Crippen LogP contribution in [-0.2, 0) is 24.8 Å². The lowest BCUT2D eigenvalue weighted by molar-refractivity contribution is -0.120. The molecule has 1 aliphatic rings. The van der Waals surface area contributed by atoms with Crippen LogP contribution in [0.1, 0.15) is 11.1 Å². The van der Waals surface area contributed by atoms with Gasteiger partial charge >= 0.3 is 0 Å². The van der Waals surface area contributed by atoms with Gasteiger partial charge in [0.25, 0.3) is 0 Å². The molecule has 0 unspecified atom stereocenters. The molecule has 1 aliphatic heterocycles. The molecule has 132 valence electrons. The third-order valence-electron chi connectivity index (χ3n) is 4.12. The molecule has 0 bridgehead atoms. The third kappa shape index (κ3) is 3.51. The Morgan fingerprint density at radius 2 is 2.00 bits per heavy atom. The van der Waals surface area contributed by atoms with Gasteiger partial charge in [0.15, 0.2) is 11.5 Å². The van der Waals surface area contributed by atoms with Crippen molar-refractivity contribution < 1.29 is 14.3 Å². The highest BCUT2D eigenvalue weighted by molar-refractivity contribution is 5.78. The van der Waals surface area contributed by atoms with Crippen LogP contribution in [0.15, 0.2) is 49.1 Å². The number of ether oxygens (including phenoxy) is 2. The highest BCUT2D eigenvalue weighted by Crippen LogP contribution is 2.32. The fraction of sp³-hybridized carbons (Fsp3) is 0.211. The summed E-state index contributed by atoms with van der Waals surface area (Å²) >= 11 is 0. The number of carbonyl (C=O) groups excluding carboxylic acids is 1. The lowest BCUT2D eigenvalue weighted by Crippen LogP contribution is -2.24. The van der Waals surface area contributed by atoms with E-state index in [4.69, 9.17) is 9.47 Å². The van der Waals surface area contributed by atoms with Crippen molar-refractivity contribution in [3.63, 3.8) is 0 Å². The summed E-state index contributed by atoms with van der Waals surface area (Å²) in [5.41, 5.74) is 3.79. The van der Waals surface area contributed by atoms with Gasteiger partial charge in [0.2, 0.25) is 12.7 Å². The summed E-state index contributed by atoms with van der Waals surface area (Å²) in [5, 5.41) is 7.10. The fourth-order valence-corrected chi connectivity index (χ4v) is 2.81. The van der Waals surface area contributed by atoms with E-state index in [1.54, 1.807) is 23.3 Å². The first kappa shape index (κ1) is 16.1. The summed E-state index contributed by atoms with van der Waals surface area (Å²) < 4.78 is 12.4. The maximum atomic E-state index is 12.2. The van der Waals surface area contributed by atoms with E-state index >= 15 is 0 Å². The molecule has 7 nitrogen and oxygen atoms in total. The molecule has 1 aromatic carbocycles. The van der Waals surface area contributed by atoms with Crippen LogP contribution < -0.4 is 14.8 Å². The standard InChI is InChI=1S/C19H18N4O3/c1-23-11-16(10-22-23)15-4-14(7-20-9-15)8-21-19(24)6-13-2-3-17-18(5-13)26-12-25-17/h2-5,7,9-11H,6,8,12H2,1H3,(H,21,24). The van der Waals surface area contributed by atoms with Crippen LogP contribution >= 0.6 is 0 Å². The van der Waals surface area contributed by atoms with E-state index in [1.807, 2.05) is 37.5 Å². The molecule has 7 heteroatoms. The van der Waals surface area contributed by atoms with Crippen molar-refractivity contribution in [2.45, 2.75) is 13.0 Å². The summed E-state index contributed by atoms with van der Waals surface area (Å²) in [6.07, 6.45) is 7.54. The first-order valence-electron chi connectivity index (χ1n) is 8.25. The number of amides is 1. The van der Waals surface area contributed by atoms with Crippen molar-refractivity contribution in [3.8, 4) is 22.6 Å². The first-order valence-corrected chi connectivity index (χ1v) is 8.25. The predicted octanol–water partition coefficient (Wildman–Crippen LogP) is 2.07. The quantitative estimate of drug-likeness (QED) is 0.762. The number of rotatable bonds is 5. The molecule has 3 heterocycles. The number of fused-ring (bicyclic) bond motifs is 1. The summed E-state index contributed by atoms with van der Waals surface area (Å²) in [5.74, 6) is 1.34. The van der Waals surface area contributed by atoms with Crippen LogP contribution in [0.2, 0.25) is 0 Å². The second kappa shape index (κ2) is 6.87. The van der Waals surface area contributed by atoms with Gasteiger partial charge in [0.1, 0.15) is 0 Å². The van der Waals surface area contributed by atoms with Crippen molar-refractivity contribution in [2.24, 2.45) is 7.05 Å². The molecule has 4 rings (SSSR count). The zero-order valence-electron chi connectivity index (χ0n) is 14.3. The number of carbonyl (C=O) groups is 1. The molecule has 0 saturated carbocycles. The van der Waals surface area contributed by atoms with E-state index in [-0.39, 0.29) is 19.1 Å². The Morgan fingerprint density at radius 1 is 1.12 bits per heavy atom. The molecular formula is C19H18N4O3. The molecule has 0 saturated heterocycles. The highest BCUT2D eigenvalue weighted by atomic mass is 16.7. The summed E-state index contributed by atoms with van der Waals surface area (Å²) in [6, 6.07) is 7.54. The Hall–Kier alpha value is -3.35. The van der Waals surface area contributed by atoms with Crippen LogP contribution in [-0.4, -0.2) is 27.5 Å². The average molecular weight is 350 g/mol. The minimum Gasteiger partial charge on any atom is -0.454 e. The Labute approximate surface area is 150 Å². The molecule has 0 radical (unpaired) electrons. The zero-order valence-corrected chi connectivity index (χ0v) is 14.3. The SMILES string of the molecule is Cn1cc(-c2cncc(CNC(=O)Cc3ccc4c(c3)OCO4)c2)cn1. The number of nitrogens with zero attached hydrogens (tertiary/aromatic N) is 3. The monoisotopic (exact) mass is 350 g/mol. The van der Waals surface area contributed by atoms with Gasteiger partial charge in [0.05, 0.1) is 12.6 Å². The van der Waals surface area contributed by atoms with E-state index in [2.05, 4.69) is 15.4 Å². The van der Waals surface area contributed by atoms with Crippen LogP contribution in [0.25, 0.3) is 11.1 Å². The predicted molar refractivity (Wildman–Crippen MR) is 94.6 cm³/mol. The molecule has 1 amide bonds. The number of aromatic nitrogens is 3. The summed E-state index contributed by atoms with van der Waals surface area (Å²) in [7, 11) is 1.87. The average Bonchev–Trinajstić information content (AvgIpc) is 3.28. The van der Waals surface area contributed by atoms with Gasteiger partial charge in [-0.1, -0.05) is 6.07 Å². The molecule has 0 fully saturated rings. The number of aryl methyl sites for hydroxylation is 1. The Balaban J connectivity index is 1.37. The van der Waals surface area contributed by atoms with Gasteiger partial charge in [0, 0.05) is 43.3 Å². The fourth-order valence-electron chi connectivity index (χ4n) is 2.81. The van der Waals surface area contributed by atoms with Crippen molar-refractivity contribution in [2.75, 3.05) is 6.79 Å². The maximum Gasteiger partial charge on any atom is 0.231 e. The maximum absolute atomic E-state index is 12.2. The van der Waals surface area contributed by atoms with Crippen LogP contribution in [0.3, 0.4) is 0 Å². The normalized spacial score (nSPS) is 12.2. The Morgan fingerprint density at radius 3 is 2.85 bits per heavy atom. The summed E-state index contributed by atoms with van der Waals surface area (Å²) in [6.45, 7) is 0.649. The van der Waals surface area contributed by atoms with Crippen molar-refractivity contribution in [1.29, 1.82) is 0 Å². The van der Waals surface area contributed by atoms with Crippen molar-refractivity contribution in [3.05, 3.63) is 60.2 Å². The molecular weight excluding hydrogens is 332 g/mol. The minimum atomic E-state index is -0.0596. The number of pyridine rings is 1. The van der Waals surface area contributed by atoms with E-state index < -0.39 is 0 Å². The number of benzene rings is 1. The van der Waals surface area contributed by atoms with Gasteiger partial charge in [-0.2, -0.15) is 5.10 Å². The first-order chi connectivity index (χ1) is 12.7. The Bertz CT molecular complexity index is 951. The molecule has 0 atom stereocenters. The largest absolute Gasteiger partial charge is 0.454 e. The van der Waals surface area contributed by atoms with Crippen molar-refractivity contribution >= 4 is 5.91 Å².